The topological polar surface area (TPSA) is 27.0 Å². The summed E-state index contributed by atoms with van der Waals surface area (Å²) in [6, 6.07) is 3.02. The first-order valence-corrected chi connectivity index (χ1v) is 7.28. The third-order valence-corrected chi connectivity index (χ3v) is 4.22. The Kier molecular flexibility index (Phi) is 5.27. The van der Waals surface area contributed by atoms with Crippen LogP contribution in [0.15, 0.2) is 0 Å². The highest BCUT2D eigenvalue weighted by Gasteiger charge is 2.33. The minimum absolute atomic E-state index is 0.337. The van der Waals surface area contributed by atoms with Gasteiger partial charge < -0.3 is 0 Å². The first-order valence-electron chi connectivity index (χ1n) is 6.16. The standard InChI is InChI=1S/C13H23BrN2/c1-13(2,3)11(9-14)10-16(8-4-7-15)12-5-6-12/h11-12H,4-6,8-10H2,1-3H3. The van der Waals surface area contributed by atoms with Crippen molar-refractivity contribution in [3.8, 4) is 6.07 Å². The second kappa shape index (κ2) is 6.02. The molecule has 0 aromatic carbocycles. The Balaban J connectivity index is 2.49. The smallest absolute Gasteiger partial charge is 0.0635 e. The van der Waals surface area contributed by atoms with Crippen LogP contribution in [0, 0.1) is 22.7 Å². The van der Waals surface area contributed by atoms with Gasteiger partial charge in [-0.05, 0) is 24.2 Å². The van der Waals surface area contributed by atoms with Gasteiger partial charge in [-0.15, -0.1) is 0 Å². The summed E-state index contributed by atoms with van der Waals surface area (Å²) in [7, 11) is 0. The van der Waals surface area contributed by atoms with Gasteiger partial charge in [-0.25, -0.2) is 0 Å². The second-order valence-corrected chi connectivity index (χ2v) is 6.50. The number of nitrogens with zero attached hydrogens (tertiary/aromatic N) is 2. The molecule has 0 amide bonds. The molecule has 0 aromatic heterocycles. The van der Waals surface area contributed by atoms with E-state index in [4.69, 9.17) is 5.26 Å². The molecule has 0 aromatic rings. The van der Waals surface area contributed by atoms with E-state index in [0.717, 1.165) is 24.5 Å². The van der Waals surface area contributed by atoms with E-state index in [2.05, 4.69) is 47.7 Å². The lowest BCUT2D eigenvalue weighted by atomic mass is 9.81. The van der Waals surface area contributed by atoms with Crippen LogP contribution in [0.4, 0.5) is 0 Å². The van der Waals surface area contributed by atoms with Gasteiger partial charge in [0.15, 0.2) is 0 Å². The van der Waals surface area contributed by atoms with Crippen LogP contribution in [0.25, 0.3) is 0 Å². The van der Waals surface area contributed by atoms with E-state index in [-0.39, 0.29) is 0 Å². The second-order valence-electron chi connectivity index (χ2n) is 5.85. The summed E-state index contributed by atoms with van der Waals surface area (Å²) < 4.78 is 0. The van der Waals surface area contributed by atoms with Gasteiger partial charge in [0.1, 0.15) is 0 Å². The van der Waals surface area contributed by atoms with E-state index < -0.39 is 0 Å². The van der Waals surface area contributed by atoms with Crippen LogP contribution in [0.2, 0.25) is 0 Å². The molecule has 1 fully saturated rings. The maximum Gasteiger partial charge on any atom is 0.0635 e. The van der Waals surface area contributed by atoms with Gasteiger partial charge in [0.05, 0.1) is 6.07 Å². The third kappa shape index (κ3) is 4.43. The molecule has 92 valence electrons. The molecule has 1 rings (SSSR count). The largest absolute Gasteiger partial charge is 0.299 e. The SMILES string of the molecule is CC(C)(C)C(CBr)CN(CCC#N)C1CC1. The molecular weight excluding hydrogens is 264 g/mol. The number of hydrogen-bond donors (Lipinski definition) is 0. The van der Waals surface area contributed by atoms with Gasteiger partial charge in [-0.1, -0.05) is 36.7 Å². The highest BCUT2D eigenvalue weighted by atomic mass is 79.9. The van der Waals surface area contributed by atoms with E-state index in [1.165, 1.54) is 12.8 Å². The normalized spacial score (nSPS) is 18.5. The Hall–Kier alpha value is -0.0700. The van der Waals surface area contributed by atoms with Gasteiger partial charge in [0.25, 0.3) is 0 Å². The van der Waals surface area contributed by atoms with E-state index >= 15 is 0 Å². The zero-order chi connectivity index (χ0) is 12.2. The molecule has 1 aliphatic rings. The molecule has 1 unspecified atom stereocenters. The summed E-state index contributed by atoms with van der Waals surface area (Å²) in [5.41, 5.74) is 0.337. The average molecular weight is 287 g/mol. The van der Waals surface area contributed by atoms with Crippen molar-refractivity contribution < 1.29 is 0 Å². The van der Waals surface area contributed by atoms with Crippen LogP contribution in [-0.4, -0.2) is 29.4 Å². The fourth-order valence-electron chi connectivity index (χ4n) is 1.89. The van der Waals surface area contributed by atoms with E-state index in [1.54, 1.807) is 0 Å². The lowest BCUT2D eigenvalue weighted by molar-refractivity contribution is 0.161. The minimum Gasteiger partial charge on any atom is -0.299 e. The van der Waals surface area contributed by atoms with Crippen LogP contribution < -0.4 is 0 Å². The molecule has 0 N–H and O–H groups in total. The first kappa shape index (κ1) is 14.0. The third-order valence-electron chi connectivity index (χ3n) is 3.44. The van der Waals surface area contributed by atoms with Crippen LogP contribution in [0.5, 0.6) is 0 Å². The quantitative estimate of drug-likeness (QED) is 0.700. The number of hydrogen-bond acceptors (Lipinski definition) is 2. The van der Waals surface area contributed by atoms with Crippen molar-refractivity contribution in [3.63, 3.8) is 0 Å². The average Bonchev–Trinajstić information content (AvgIpc) is 3.00. The van der Waals surface area contributed by atoms with Crippen molar-refractivity contribution in [2.75, 3.05) is 18.4 Å². The summed E-state index contributed by atoms with van der Waals surface area (Å²) in [6.45, 7) is 8.97. The number of nitriles is 1. The van der Waals surface area contributed by atoms with Crippen molar-refractivity contribution >= 4 is 15.9 Å². The van der Waals surface area contributed by atoms with Crippen LogP contribution >= 0.6 is 15.9 Å². The lowest BCUT2D eigenvalue weighted by Gasteiger charge is -2.34. The van der Waals surface area contributed by atoms with Crippen molar-refractivity contribution in [1.29, 1.82) is 5.26 Å². The van der Waals surface area contributed by atoms with Gasteiger partial charge in [-0.3, -0.25) is 4.90 Å². The van der Waals surface area contributed by atoms with Gasteiger partial charge >= 0.3 is 0 Å². The molecule has 1 aliphatic carbocycles. The monoisotopic (exact) mass is 286 g/mol. The first-order chi connectivity index (χ1) is 7.49. The van der Waals surface area contributed by atoms with Crippen LogP contribution in [0.1, 0.15) is 40.0 Å². The Labute approximate surface area is 108 Å². The fourth-order valence-corrected chi connectivity index (χ4v) is 3.07. The van der Waals surface area contributed by atoms with E-state index in [0.29, 0.717) is 17.8 Å². The number of alkyl halides is 1. The van der Waals surface area contributed by atoms with Crippen LogP contribution in [0.3, 0.4) is 0 Å². The zero-order valence-corrected chi connectivity index (χ0v) is 12.3. The summed E-state index contributed by atoms with van der Waals surface area (Å²) in [4.78, 5) is 2.51. The van der Waals surface area contributed by atoms with Crippen LogP contribution in [-0.2, 0) is 0 Å². The molecule has 0 heterocycles. The van der Waals surface area contributed by atoms with E-state index in [1.807, 2.05) is 0 Å². The predicted octanol–water partition coefficient (Wildman–Crippen LogP) is 3.42. The molecule has 3 heteroatoms. The summed E-state index contributed by atoms with van der Waals surface area (Å²) >= 11 is 3.63. The zero-order valence-electron chi connectivity index (χ0n) is 10.7. The van der Waals surface area contributed by atoms with Crippen molar-refractivity contribution in [3.05, 3.63) is 0 Å². The number of rotatable bonds is 6. The Morgan fingerprint density at radius 1 is 1.44 bits per heavy atom. The molecule has 2 nitrogen and oxygen atoms in total. The molecule has 0 spiro atoms. The van der Waals surface area contributed by atoms with Crippen molar-refractivity contribution in [1.82, 2.24) is 4.90 Å². The molecule has 0 bridgehead atoms. The Morgan fingerprint density at radius 2 is 2.06 bits per heavy atom. The molecule has 1 atom stereocenters. The van der Waals surface area contributed by atoms with Gasteiger partial charge in [-0.2, -0.15) is 5.26 Å². The molecule has 16 heavy (non-hydrogen) atoms. The van der Waals surface area contributed by atoms with Crippen molar-refractivity contribution in [2.24, 2.45) is 11.3 Å². The maximum atomic E-state index is 8.68. The Morgan fingerprint density at radius 3 is 2.44 bits per heavy atom. The summed E-state index contributed by atoms with van der Waals surface area (Å²) in [6.07, 6.45) is 3.31. The highest BCUT2D eigenvalue weighted by molar-refractivity contribution is 9.09. The van der Waals surface area contributed by atoms with Crippen molar-refractivity contribution in [2.45, 2.75) is 46.1 Å². The highest BCUT2D eigenvalue weighted by Crippen LogP contribution is 2.33. The molecule has 0 radical (unpaired) electrons. The van der Waals surface area contributed by atoms with E-state index in [9.17, 15) is 0 Å². The summed E-state index contributed by atoms with van der Waals surface area (Å²) in [5.74, 6) is 0.659. The number of halogens is 1. The van der Waals surface area contributed by atoms with Gasteiger partial charge in [0, 0.05) is 30.9 Å². The molecule has 1 saturated carbocycles. The fraction of sp³-hybridized carbons (Fsp3) is 0.923. The Bertz CT molecular complexity index is 248. The molecular formula is C13H23BrN2. The maximum absolute atomic E-state index is 8.68. The summed E-state index contributed by atoms with van der Waals surface area (Å²) in [5, 5.41) is 9.73. The molecule has 0 aliphatic heterocycles. The van der Waals surface area contributed by atoms with Gasteiger partial charge in [0.2, 0.25) is 0 Å². The minimum atomic E-state index is 0.337. The lowest BCUT2D eigenvalue weighted by Crippen LogP contribution is -2.38. The molecule has 0 saturated heterocycles. The predicted molar refractivity (Wildman–Crippen MR) is 71.6 cm³/mol.